The third kappa shape index (κ3) is 2.23. The number of rotatable bonds is 2. The number of esters is 1. The SMILES string of the molecule is COC(=O)C[n+]1cccc(O)c1. The van der Waals surface area contributed by atoms with Crippen molar-refractivity contribution < 1.29 is 19.2 Å². The molecule has 0 saturated carbocycles. The lowest BCUT2D eigenvalue weighted by atomic mass is 10.4. The zero-order valence-corrected chi connectivity index (χ0v) is 6.73. The summed E-state index contributed by atoms with van der Waals surface area (Å²) in [6.07, 6.45) is 3.13. The van der Waals surface area contributed by atoms with Crippen LogP contribution in [0.5, 0.6) is 5.75 Å². The highest BCUT2D eigenvalue weighted by molar-refractivity contribution is 5.67. The van der Waals surface area contributed by atoms with Crippen LogP contribution in [0.4, 0.5) is 0 Å². The second kappa shape index (κ2) is 3.71. The van der Waals surface area contributed by atoms with Gasteiger partial charge in [0, 0.05) is 6.07 Å². The Balaban J connectivity index is 2.69. The van der Waals surface area contributed by atoms with Crippen molar-refractivity contribution in [2.24, 2.45) is 0 Å². The molecule has 0 aliphatic heterocycles. The Morgan fingerprint density at radius 3 is 3.08 bits per heavy atom. The second-order valence-electron chi connectivity index (χ2n) is 2.31. The van der Waals surface area contributed by atoms with Crippen molar-refractivity contribution in [1.29, 1.82) is 0 Å². The van der Waals surface area contributed by atoms with E-state index in [4.69, 9.17) is 5.11 Å². The average molecular weight is 168 g/mol. The maximum absolute atomic E-state index is 10.8. The Hall–Kier alpha value is -1.58. The summed E-state index contributed by atoms with van der Waals surface area (Å²) >= 11 is 0. The lowest BCUT2D eigenvalue weighted by Gasteiger charge is -1.95. The molecule has 0 aromatic carbocycles. The number of carbonyl (C=O) groups is 1. The van der Waals surface area contributed by atoms with Crippen LogP contribution < -0.4 is 4.57 Å². The number of ether oxygens (including phenoxy) is 1. The number of hydrogen-bond donors (Lipinski definition) is 1. The van der Waals surface area contributed by atoms with Gasteiger partial charge in [-0.1, -0.05) is 0 Å². The molecule has 0 fully saturated rings. The lowest BCUT2D eigenvalue weighted by Crippen LogP contribution is -2.37. The van der Waals surface area contributed by atoms with Gasteiger partial charge in [0.15, 0.2) is 11.9 Å². The molecule has 0 bridgehead atoms. The molecule has 64 valence electrons. The molecule has 1 N–H and O–H groups in total. The number of pyridine rings is 1. The van der Waals surface area contributed by atoms with Gasteiger partial charge < -0.3 is 9.84 Å². The number of hydrogen-bond acceptors (Lipinski definition) is 3. The monoisotopic (exact) mass is 168 g/mol. The van der Waals surface area contributed by atoms with Crippen LogP contribution in [0.1, 0.15) is 0 Å². The quantitative estimate of drug-likeness (QED) is 0.493. The van der Waals surface area contributed by atoms with Crippen molar-refractivity contribution in [3.63, 3.8) is 0 Å². The van der Waals surface area contributed by atoms with Gasteiger partial charge in [-0.25, -0.2) is 4.79 Å². The van der Waals surface area contributed by atoms with Gasteiger partial charge in [-0.3, -0.25) is 0 Å². The Morgan fingerprint density at radius 1 is 1.75 bits per heavy atom. The molecule has 0 aliphatic carbocycles. The zero-order valence-electron chi connectivity index (χ0n) is 6.73. The second-order valence-corrected chi connectivity index (χ2v) is 2.31. The van der Waals surface area contributed by atoms with Crippen LogP contribution in [-0.4, -0.2) is 18.2 Å². The van der Waals surface area contributed by atoms with E-state index in [-0.39, 0.29) is 18.3 Å². The highest BCUT2D eigenvalue weighted by Gasteiger charge is 2.08. The normalized spacial score (nSPS) is 9.42. The zero-order chi connectivity index (χ0) is 8.97. The third-order valence-electron chi connectivity index (χ3n) is 1.38. The highest BCUT2D eigenvalue weighted by atomic mass is 16.5. The molecular formula is C8H10NO3+. The summed E-state index contributed by atoms with van der Waals surface area (Å²) in [4.78, 5) is 10.8. The minimum atomic E-state index is -0.342. The molecule has 0 atom stereocenters. The number of carbonyl (C=O) groups excluding carboxylic acids is 1. The summed E-state index contributed by atoms with van der Waals surface area (Å²) < 4.78 is 6.00. The van der Waals surface area contributed by atoms with Crippen molar-refractivity contribution in [2.75, 3.05) is 7.11 Å². The highest BCUT2D eigenvalue weighted by Crippen LogP contribution is 1.99. The largest absolute Gasteiger partial charge is 0.503 e. The van der Waals surface area contributed by atoms with Gasteiger partial charge in [0.1, 0.15) is 0 Å². The molecule has 0 unspecified atom stereocenters. The summed E-state index contributed by atoms with van der Waals surface area (Å²) in [5, 5.41) is 9.03. The Bertz CT molecular complexity index is 285. The summed E-state index contributed by atoms with van der Waals surface area (Å²) in [5.74, 6) is -0.216. The minimum Gasteiger partial charge on any atom is -0.503 e. The smallest absolute Gasteiger partial charge is 0.372 e. The van der Waals surface area contributed by atoms with E-state index in [1.54, 1.807) is 16.8 Å². The molecular weight excluding hydrogens is 158 g/mol. The van der Waals surface area contributed by atoms with E-state index in [0.29, 0.717) is 0 Å². The van der Waals surface area contributed by atoms with Gasteiger partial charge in [-0.2, -0.15) is 4.57 Å². The first-order chi connectivity index (χ1) is 5.72. The van der Waals surface area contributed by atoms with Crippen molar-refractivity contribution in [3.8, 4) is 5.75 Å². The Kier molecular flexibility index (Phi) is 2.63. The molecule has 0 radical (unpaired) electrons. The summed E-state index contributed by atoms with van der Waals surface area (Å²) in [6, 6.07) is 3.19. The van der Waals surface area contributed by atoms with E-state index in [0.717, 1.165) is 0 Å². The maximum atomic E-state index is 10.8. The number of aromatic nitrogens is 1. The van der Waals surface area contributed by atoms with Crippen LogP contribution >= 0.6 is 0 Å². The predicted molar refractivity (Wildman–Crippen MR) is 40.3 cm³/mol. The first kappa shape index (κ1) is 8.52. The minimum absolute atomic E-state index is 0.116. The fourth-order valence-corrected chi connectivity index (χ4v) is 0.820. The van der Waals surface area contributed by atoms with E-state index in [1.807, 2.05) is 0 Å². The molecule has 1 heterocycles. The maximum Gasteiger partial charge on any atom is 0.372 e. The molecule has 1 rings (SSSR count). The molecule has 1 aromatic rings. The standard InChI is InChI=1S/C8H9NO3/c1-12-8(11)6-9-4-2-3-7(10)5-9/h2-5H,6H2,1H3/p+1. The Labute approximate surface area is 70.0 Å². The number of methoxy groups -OCH3 is 1. The first-order valence-electron chi connectivity index (χ1n) is 3.47. The molecule has 12 heavy (non-hydrogen) atoms. The van der Waals surface area contributed by atoms with E-state index < -0.39 is 0 Å². The molecule has 0 amide bonds. The van der Waals surface area contributed by atoms with Gasteiger partial charge in [-0.15, -0.1) is 0 Å². The molecule has 4 heteroatoms. The molecule has 4 nitrogen and oxygen atoms in total. The number of nitrogens with zero attached hydrogens (tertiary/aromatic N) is 1. The van der Waals surface area contributed by atoms with Crippen molar-refractivity contribution in [3.05, 3.63) is 24.5 Å². The van der Waals surface area contributed by atoms with Crippen LogP contribution in [0.2, 0.25) is 0 Å². The van der Waals surface area contributed by atoms with Crippen LogP contribution in [0.15, 0.2) is 24.5 Å². The molecule has 0 saturated heterocycles. The van der Waals surface area contributed by atoms with Crippen molar-refractivity contribution in [2.45, 2.75) is 6.54 Å². The van der Waals surface area contributed by atoms with Crippen LogP contribution in [0.3, 0.4) is 0 Å². The van der Waals surface area contributed by atoms with Gasteiger partial charge in [0.05, 0.1) is 7.11 Å². The van der Waals surface area contributed by atoms with Gasteiger partial charge in [-0.05, 0) is 6.07 Å². The third-order valence-corrected chi connectivity index (χ3v) is 1.38. The lowest BCUT2D eigenvalue weighted by molar-refractivity contribution is -0.686. The Morgan fingerprint density at radius 2 is 2.50 bits per heavy atom. The van der Waals surface area contributed by atoms with Gasteiger partial charge >= 0.3 is 5.97 Å². The summed E-state index contributed by atoms with van der Waals surface area (Å²) in [7, 11) is 1.33. The van der Waals surface area contributed by atoms with Gasteiger partial charge in [0.25, 0.3) is 0 Å². The van der Waals surface area contributed by atoms with Gasteiger partial charge in [0.2, 0.25) is 12.7 Å². The van der Waals surface area contributed by atoms with Crippen LogP contribution in [-0.2, 0) is 16.1 Å². The van der Waals surface area contributed by atoms with E-state index in [2.05, 4.69) is 4.74 Å². The van der Waals surface area contributed by atoms with E-state index >= 15 is 0 Å². The van der Waals surface area contributed by atoms with E-state index in [9.17, 15) is 4.79 Å². The topological polar surface area (TPSA) is 50.4 Å². The van der Waals surface area contributed by atoms with Crippen LogP contribution in [0.25, 0.3) is 0 Å². The number of aromatic hydroxyl groups is 1. The van der Waals surface area contributed by atoms with Crippen molar-refractivity contribution in [1.82, 2.24) is 0 Å². The fraction of sp³-hybridized carbons (Fsp3) is 0.250. The fourth-order valence-electron chi connectivity index (χ4n) is 0.820. The van der Waals surface area contributed by atoms with E-state index in [1.165, 1.54) is 19.4 Å². The summed E-state index contributed by atoms with van der Waals surface area (Å²) in [5.41, 5.74) is 0. The van der Waals surface area contributed by atoms with Crippen LogP contribution in [0, 0.1) is 0 Å². The summed E-state index contributed by atoms with van der Waals surface area (Å²) in [6.45, 7) is 0.116. The molecule has 0 aliphatic rings. The predicted octanol–water partition coefficient (Wildman–Crippen LogP) is -0.147. The first-order valence-corrected chi connectivity index (χ1v) is 3.47. The average Bonchev–Trinajstić information content (AvgIpc) is 2.04. The van der Waals surface area contributed by atoms with Crippen molar-refractivity contribution >= 4 is 5.97 Å². The molecule has 1 aromatic heterocycles. The molecule has 0 spiro atoms.